The van der Waals surface area contributed by atoms with Crippen LogP contribution in [0.2, 0.25) is 0 Å². The van der Waals surface area contributed by atoms with Crippen LogP contribution in [-0.4, -0.2) is 42.6 Å². The summed E-state index contributed by atoms with van der Waals surface area (Å²) in [6.45, 7) is 3.30. The van der Waals surface area contributed by atoms with Gasteiger partial charge in [0.05, 0.1) is 18.2 Å². The maximum Gasteiger partial charge on any atom is 0.339 e. The number of rotatable bonds is 7. The Morgan fingerprint density at radius 2 is 1.97 bits per heavy atom. The van der Waals surface area contributed by atoms with Crippen LogP contribution in [0.4, 0.5) is 0 Å². The van der Waals surface area contributed by atoms with Gasteiger partial charge in [-0.2, -0.15) is 0 Å². The van der Waals surface area contributed by atoms with E-state index in [1.165, 1.54) is 7.11 Å². The van der Waals surface area contributed by atoms with E-state index in [0.717, 1.165) is 41.4 Å². The maximum atomic E-state index is 12.9. The fourth-order valence-electron chi connectivity index (χ4n) is 3.66. The average Bonchev–Trinajstić information content (AvgIpc) is 3.20. The fraction of sp³-hybridized carbons (Fsp3) is 0.455. The Hall–Kier alpha value is -2.96. The molecule has 0 spiro atoms. The van der Waals surface area contributed by atoms with Gasteiger partial charge in [-0.1, -0.05) is 38.5 Å². The number of aromatic nitrogens is 1. The van der Waals surface area contributed by atoms with Crippen LogP contribution in [0.25, 0.3) is 10.9 Å². The maximum absolute atomic E-state index is 12.9. The van der Waals surface area contributed by atoms with Crippen molar-refractivity contribution in [2.45, 2.75) is 45.6 Å². The van der Waals surface area contributed by atoms with Crippen molar-refractivity contribution in [2.24, 2.45) is 5.92 Å². The third-order valence-electron chi connectivity index (χ3n) is 5.44. The summed E-state index contributed by atoms with van der Waals surface area (Å²) < 4.78 is 10.1. The predicted molar refractivity (Wildman–Crippen MR) is 107 cm³/mol. The van der Waals surface area contributed by atoms with Crippen LogP contribution < -0.4 is 5.32 Å². The molecule has 1 aliphatic rings. The lowest BCUT2D eigenvalue weighted by Crippen LogP contribution is -2.47. The molecule has 0 unspecified atom stereocenters. The number of esters is 2. The molecule has 29 heavy (non-hydrogen) atoms. The highest BCUT2D eigenvalue weighted by Crippen LogP contribution is 2.30. The zero-order chi connectivity index (χ0) is 21.0. The van der Waals surface area contributed by atoms with E-state index in [1.807, 2.05) is 38.1 Å². The van der Waals surface area contributed by atoms with E-state index >= 15 is 0 Å². The quantitative estimate of drug-likeness (QED) is 0.721. The summed E-state index contributed by atoms with van der Waals surface area (Å²) in [6, 6.07) is 6.66. The van der Waals surface area contributed by atoms with Crippen LogP contribution in [0.3, 0.4) is 0 Å². The number of ether oxygens (including phenoxy) is 2. The van der Waals surface area contributed by atoms with Crippen LogP contribution in [0, 0.1) is 5.92 Å². The smallest absolute Gasteiger partial charge is 0.339 e. The minimum Gasteiger partial charge on any atom is -0.467 e. The zero-order valence-electron chi connectivity index (χ0n) is 17.0. The Labute approximate surface area is 169 Å². The van der Waals surface area contributed by atoms with Crippen LogP contribution >= 0.6 is 0 Å². The zero-order valence-corrected chi connectivity index (χ0v) is 17.0. The van der Waals surface area contributed by atoms with E-state index in [2.05, 4.69) is 10.3 Å². The number of benzene rings is 1. The van der Waals surface area contributed by atoms with E-state index < -0.39 is 30.5 Å². The number of hydrogen-bond donors (Lipinski definition) is 1. The third kappa shape index (κ3) is 4.39. The molecule has 0 fully saturated rings. The second kappa shape index (κ2) is 9.03. The van der Waals surface area contributed by atoms with Crippen molar-refractivity contribution >= 4 is 28.7 Å². The molecule has 0 bridgehead atoms. The van der Waals surface area contributed by atoms with Crippen molar-refractivity contribution in [2.75, 3.05) is 13.7 Å². The number of nitrogens with zero attached hydrogens (tertiary/aromatic N) is 1. The molecule has 1 aromatic carbocycles. The van der Waals surface area contributed by atoms with Gasteiger partial charge in [0.1, 0.15) is 6.04 Å². The molecule has 7 heteroatoms. The summed E-state index contributed by atoms with van der Waals surface area (Å²) in [4.78, 5) is 41.8. The molecule has 2 aromatic rings. The van der Waals surface area contributed by atoms with Crippen molar-refractivity contribution in [3.05, 3.63) is 41.1 Å². The number of methoxy groups -OCH3 is 1. The van der Waals surface area contributed by atoms with Crippen molar-refractivity contribution in [3.63, 3.8) is 0 Å². The number of nitrogens with one attached hydrogen (secondary N) is 1. The molecule has 1 heterocycles. The van der Waals surface area contributed by atoms with Gasteiger partial charge in [0.25, 0.3) is 5.91 Å². The largest absolute Gasteiger partial charge is 0.467 e. The number of fused-ring (bicyclic) bond motifs is 2. The van der Waals surface area contributed by atoms with Gasteiger partial charge in [0.2, 0.25) is 0 Å². The molecule has 7 nitrogen and oxygen atoms in total. The minimum atomic E-state index is -0.776. The van der Waals surface area contributed by atoms with Gasteiger partial charge in [-0.15, -0.1) is 0 Å². The molecule has 3 rings (SSSR count). The minimum absolute atomic E-state index is 0.102. The molecule has 0 radical (unpaired) electrons. The lowest BCUT2D eigenvalue weighted by molar-refractivity contribution is -0.147. The second-order valence-corrected chi connectivity index (χ2v) is 7.31. The summed E-state index contributed by atoms with van der Waals surface area (Å²) in [5.41, 5.74) is 3.05. The first-order valence-corrected chi connectivity index (χ1v) is 9.91. The molecule has 1 amide bonds. The van der Waals surface area contributed by atoms with Gasteiger partial charge in [-0.05, 0) is 36.8 Å². The predicted octanol–water partition coefficient (Wildman–Crippen LogP) is 2.58. The summed E-state index contributed by atoms with van der Waals surface area (Å²) in [5, 5.41) is 3.34. The summed E-state index contributed by atoms with van der Waals surface area (Å²) in [7, 11) is 1.28. The Balaban J connectivity index is 1.75. The molecular weight excluding hydrogens is 372 g/mol. The van der Waals surface area contributed by atoms with Crippen molar-refractivity contribution in [1.29, 1.82) is 0 Å². The first-order valence-electron chi connectivity index (χ1n) is 9.91. The topological polar surface area (TPSA) is 94.6 Å². The van der Waals surface area contributed by atoms with Crippen molar-refractivity contribution < 1.29 is 23.9 Å². The molecule has 0 saturated carbocycles. The molecule has 1 N–H and O–H groups in total. The molecular formula is C22H26N2O5. The molecule has 2 atom stereocenters. The van der Waals surface area contributed by atoms with E-state index in [1.54, 1.807) is 0 Å². The van der Waals surface area contributed by atoms with Crippen LogP contribution in [0.1, 0.15) is 48.3 Å². The monoisotopic (exact) mass is 398 g/mol. The lowest BCUT2D eigenvalue weighted by atomic mass is 9.99. The Bertz CT molecular complexity index is 940. The standard InChI is InChI=1S/C22H26N2O5/c1-4-13(2)20(22(27)28-3)24-18(25)12-29-21(26)19-14-8-5-6-10-16(14)23-17-11-7-9-15(17)19/h5-6,8,10,13,20H,4,7,9,11-12H2,1-3H3,(H,24,25)/t13-,20+/m0/s1. The highest BCUT2D eigenvalue weighted by atomic mass is 16.5. The number of pyridine rings is 1. The van der Waals surface area contributed by atoms with Gasteiger partial charge >= 0.3 is 11.9 Å². The number of hydrogen-bond acceptors (Lipinski definition) is 6. The highest BCUT2D eigenvalue weighted by Gasteiger charge is 2.28. The Morgan fingerprint density at radius 1 is 1.21 bits per heavy atom. The van der Waals surface area contributed by atoms with E-state index in [0.29, 0.717) is 12.0 Å². The van der Waals surface area contributed by atoms with Crippen LogP contribution in [-0.2, 0) is 31.9 Å². The third-order valence-corrected chi connectivity index (χ3v) is 5.44. The van der Waals surface area contributed by atoms with Crippen LogP contribution in [0.5, 0.6) is 0 Å². The summed E-state index contributed by atoms with van der Waals surface area (Å²) in [5.74, 6) is -1.70. The molecule has 1 aliphatic carbocycles. The summed E-state index contributed by atoms with van der Waals surface area (Å²) in [6.07, 6.45) is 3.23. The van der Waals surface area contributed by atoms with Gasteiger partial charge in [0, 0.05) is 11.1 Å². The van der Waals surface area contributed by atoms with E-state index in [-0.39, 0.29) is 5.92 Å². The number of aryl methyl sites for hydroxylation is 1. The SMILES string of the molecule is CC[C@H](C)[C@@H](NC(=O)COC(=O)c1c2c(nc3ccccc13)CCC2)C(=O)OC. The average molecular weight is 398 g/mol. The number of para-hydroxylation sites is 1. The van der Waals surface area contributed by atoms with E-state index in [9.17, 15) is 14.4 Å². The normalized spacial score (nSPS) is 14.7. The van der Waals surface area contributed by atoms with Gasteiger partial charge in [-0.25, -0.2) is 9.59 Å². The lowest BCUT2D eigenvalue weighted by Gasteiger charge is -2.21. The summed E-state index contributed by atoms with van der Waals surface area (Å²) >= 11 is 0. The van der Waals surface area contributed by atoms with Crippen molar-refractivity contribution in [3.8, 4) is 0 Å². The molecule has 154 valence electrons. The first-order chi connectivity index (χ1) is 14.0. The molecule has 0 aliphatic heterocycles. The Kier molecular flexibility index (Phi) is 6.46. The Morgan fingerprint density at radius 3 is 2.69 bits per heavy atom. The highest BCUT2D eigenvalue weighted by molar-refractivity contribution is 6.05. The molecule has 0 saturated heterocycles. The van der Waals surface area contributed by atoms with Crippen molar-refractivity contribution in [1.82, 2.24) is 10.3 Å². The first kappa shape index (κ1) is 20.8. The van der Waals surface area contributed by atoms with Crippen LogP contribution in [0.15, 0.2) is 24.3 Å². The molecule has 1 aromatic heterocycles. The number of carbonyl (C=O) groups excluding carboxylic acids is 3. The number of amides is 1. The number of carbonyl (C=O) groups is 3. The van der Waals surface area contributed by atoms with E-state index in [4.69, 9.17) is 9.47 Å². The fourth-order valence-corrected chi connectivity index (χ4v) is 3.66. The van der Waals surface area contributed by atoms with Gasteiger partial charge < -0.3 is 14.8 Å². The second-order valence-electron chi connectivity index (χ2n) is 7.31. The van der Waals surface area contributed by atoms with Gasteiger partial charge in [-0.3, -0.25) is 9.78 Å². The van der Waals surface area contributed by atoms with Gasteiger partial charge in [0.15, 0.2) is 6.61 Å².